The van der Waals surface area contributed by atoms with Gasteiger partial charge in [0.15, 0.2) is 0 Å². The molecule has 3 aliphatic rings. The maximum Gasteiger partial charge on any atom is 0.148 e. The predicted molar refractivity (Wildman–Crippen MR) is 111 cm³/mol. The largest absolute Gasteiger partial charge is 0.381 e. The quantitative estimate of drug-likeness (QED) is 0.805. The third-order valence-corrected chi connectivity index (χ3v) is 6.91. The second kappa shape index (κ2) is 7.78. The summed E-state index contributed by atoms with van der Waals surface area (Å²) in [5.74, 6) is 1.53. The molecule has 1 aliphatic heterocycles. The van der Waals surface area contributed by atoms with Gasteiger partial charge in [0.25, 0.3) is 0 Å². The van der Waals surface area contributed by atoms with Crippen LogP contribution in [0.1, 0.15) is 68.9 Å². The van der Waals surface area contributed by atoms with Crippen molar-refractivity contribution in [2.24, 2.45) is 17.4 Å². The molecule has 5 rings (SSSR count). The first-order valence-electron chi connectivity index (χ1n) is 11.1. The number of hydrogen-bond acceptors (Lipinski definition) is 6. The zero-order chi connectivity index (χ0) is 19.8. The number of rotatable bonds is 5. The summed E-state index contributed by atoms with van der Waals surface area (Å²) in [5, 5.41) is 4.82. The van der Waals surface area contributed by atoms with E-state index in [1.807, 2.05) is 18.5 Å². The number of hydrogen-bond donors (Lipinski definition) is 2. The Bertz CT molecular complexity index is 847. The Balaban J connectivity index is 1.48. The Morgan fingerprint density at radius 1 is 1.10 bits per heavy atom. The highest BCUT2D eigenvalue weighted by atomic mass is 16.5. The van der Waals surface area contributed by atoms with Crippen LogP contribution in [0, 0.1) is 5.92 Å². The summed E-state index contributed by atoms with van der Waals surface area (Å²) < 4.78 is 7.82. The lowest BCUT2D eigenvalue weighted by Crippen LogP contribution is -2.44. The zero-order valence-electron chi connectivity index (χ0n) is 17.1. The first kappa shape index (κ1) is 19.2. The van der Waals surface area contributed by atoms with Crippen LogP contribution in [0.15, 0.2) is 18.5 Å². The van der Waals surface area contributed by atoms with Crippen molar-refractivity contribution in [1.82, 2.24) is 19.7 Å². The average molecular weight is 397 g/mol. The number of aromatic nitrogens is 4. The molecular formula is C22H32N6O. The molecule has 156 valence electrons. The van der Waals surface area contributed by atoms with Crippen LogP contribution in [0.2, 0.25) is 0 Å². The van der Waals surface area contributed by atoms with Crippen LogP contribution in [-0.4, -0.2) is 39.0 Å². The van der Waals surface area contributed by atoms with Crippen LogP contribution in [0.5, 0.6) is 0 Å². The lowest BCUT2D eigenvalue weighted by atomic mass is 9.80. The van der Waals surface area contributed by atoms with E-state index in [1.165, 1.54) is 18.5 Å². The van der Waals surface area contributed by atoms with Crippen LogP contribution in [0.3, 0.4) is 0 Å². The second-order valence-electron chi connectivity index (χ2n) is 9.20. The van der Waals surface area contributed by atoms with Crippen LogP contribution in [-0.2, 0) is 16.7 Å². The summed E-state index contributed by atoms with van der Waals surface area (Å²) in [6, 6.07) is 2.68. The van der Waals surface area contributed by atoms with Crippen LogP contribution >= 0.6 is 0 Å². The van der Waals surface area contributed by atoms with Gasteiger partial charge in [0.1, 0.15) is 5.82 Å². The highest BCUT2D eigenvalue weighted by Gasteiger charge is 2.35. The molecule has 0 bridgehead atoms. The van der Waals surface area contributed by atoms with Gasteiger partial charge in [0.2, 0.25) is 0 Å². The summed E-state index contributed by atoms with van der Waals surface area (Å²) in [6.07, 6.45) is 13.2. The molecule has 2 aliphatic carbocycles. The molecule has 2 aromatic rings. The van der Waals surface area contributed by atoms with Gasteiger partial charge in [-0.25, -0.2) is 9.97 Å². The summed E-state index contributed by atoms with van der Waals surface area (Å²) in [7, 11) is 0. The Morgan fingerprint density at radius 3 is 2.59 bits per heavy atom. The second-order valence-corrected chi connectivity index (χ2v) is 9.20. The molecule has 3 fully saturated rings. The van der Waals surface area contributed by atoms with Gasteiger partial charge < -0.3 is 16.2 Å². The molecule has 1 saturated heterocycles. The van der Waals surface area contributed by atoms with Gasteiger partial charge in [-0.1, -0.05) is 0 Å². The first-order chi connectivity index (χ1) is 14.1. The van der Waals surface area contributed by atoms with Crippen molar-refractivity contribution in [3.05, 3.63) is 30.0 Å². The first-order valence-corrected chi connectivity index (χ1v) is 11.1. The zero-order valence-corrected chi connectivity index (χ0v) is 17.1. The fraction of sp³-hybridized carbons (Fsp3) is 0.682. The van der Waals surface area contributed by atoms with Crippen molar-refractivity contribution >= 4 is 0 Å². The Kier molecular flexibility index (Phi) is 5.14. The minimum absolute atomic E-state index is 0.248. The van der Waals surface area contributed by atoms with Crippen molar-refractivity contribution in [1.29, 1.82) is 0 Å². The van der Waals surface area contributed by atoms with Crippen molar-refractivity contribution in [2.45, 2.75) is 75.4 Å². The summed E-state index contributed by atoms with van der Waals surface area (Å²) in [4.78, 5) is 9.52. The minimum atomic E-state index is -0.473. The van der Waals surface area contributed by atoms with Crippen molar-refractivity contribution in [2.75, 3.05) is 13.2 Å². The number of ether oxygens (including phenoxy) is 1. The van der Waals surface area contributed by atoms with E-state index in [4.69, 9.17) is 26.3 Å². The number of nitrogens with zero attached hydrogens (tertiary/aromatic N) is 4. The normalized spacial score (nSPS) is 28.6. The minimum Gasteiger partial charge on any atom is -0.381 e. The van der Waals surface area contributed by atoms with E-state index in [9.17, 15) is 0 Å². The number of nitrogens with two attached hydrogens (primary N) is 2. The topological polar surface area (TPSA) is 105 Å². The van der Waals surface area contributed by atoms with Gasteiger partial charge in [-0.2, -0.15) is 5.10 Å². The van der Waals surface area contributed by atoms with Gasteiger partial charge in [-0.3, -0.25) is 4.68 Å². The maximum atomic E-state index is 6.73. The molecule has 2 saturated carbocycles. The van der Waals surface area contributed by atoms with Gasteiger partial charge >= 0.3 is 0 Å². The lowest BCUT2D eigenvalue weighted by Gasteiger charge is -2.34. The third kappa shape index (κ3) is 3.96. The molecule has 0 radical (unpaired) electrons. The van der Waals surface area contributed by atoms with Gasteiger partial charge in [0, 0.05) is 36.7 Å². The van der Waals surface area contributed by atoms with E-state index in [-0.39, 0.29) is 6.04 Å². The maximum absolute atomic E-state index is 6.73. The van der Waals surface area contributed by atoms with E-state index >= 15 is 0 Å². The molecular weight excluding hydrogens is 364 g/mol. The molecule has 7 nitrogen and oxygen atoms in total. The fourth-order valence-corrected chi connectivity index (χ4v) is 4.77. The Labute approximate surface area is 172 Å². The van der Waals surface area contributed by atoms with E-state index in [0.717, 1.165) is 81.2 Å². The molecule has 0 spiro atoms. The van der Waals surface area contributed by atoms with E-state index in [2.05, 4.69) is 9.67 Å². The van der Waals surface area contributed by atoms with E-state index in [0.29, 0.717) is 6.04 Å². The summed E-state index contributed by atoms with van der Waals surface area (Å²) >= 11 is 0. The molecule has 0 atom stereocenters. The lowest BCUT2D eigenvalue weighted by molar-refractivity contribution is 0.0654. The average Bonchev–Trinajstić information content (AvgIpc) is 3.48. The van der Waals surface area contributed by atoms with Gasteiger partial charge in [0.05, 0.1) is 23.5 Å². The van der Waals surface area contributed by atoms with Crippen molar-refractivity contribution in [3.8, 4) is 11.3 Å². The van der Waals surface area contributed by atoms with Gasteiger partial charge in [-0.15, -0.1) is 0 Å². The fourth-order valence-electron chi connectivity index (χ4n) is 4.77. The molecule has 3 heterocycles. The van der Waals surface area contributed by atoms with Crippen LogP contribution in [0.4, 0.5) is 0 Å². The molecule has 0 unspecified atom stereocenters. The molecule has 0 aromatic carbocycles. The molecule has 0 amide bonds. The predicted octanol–water partition coefficient (Wildman–Crippen LogP) is 2.70. The van der Waals surface area contributed by atoms with Crippen LogP contribution in [0.25, 0.3) is 11.3 Å². The molecule has 4 N–H and O–H groups in total. The van der Waals surface area contributed by atoms with Crippen molar-refractivity contribution < 1.29 is 4.74 Å². The van der Waals surface area contributed by atoms with E-state index in [1.54, 1.807) is 0 Å². The van der Waals surface area contributed by atoms with E-state index < -0.39 is 5.54 Å². The third-order valence-electron chi connectivity index (χ3n) is 6.91. The highest BCUT2D eigenvalue weighted by molar-refractivity contribution is 5.61. The standard InChI is InChI=1S/C22H32N6O/c23-16-3-8-22(24,9-4-16)21-25-10-5-19(27-21)18-14-26-28(17-6-11-29-12-7-17)20(18)13-15-1-2-15/h5,10,14-17H,1-4,6-9,11-13,23-24H2. The summed E-state index contributed by atoms with van der Waals surface area (Å²) in [6.45, 7) is 1.64. The SMILES string of the molecule is NC1CCC(N)(c2nccc(-c3cnn(C4CCOCC4)c3CC3CC3)n2)CC1. The van der Waals surface area contributed by atoms with Crippen LogP contribution < -0.4 is 11.5 Å². The molecule has 7 heteroatoms. The monoisotopic (exact) mass is 396 g/mol. The Hall–Kier alpha value is -1.83. The summed E-state index contributed by atoms with van der Waals surface area (Å²) in [5.41, 5.74) is 15.7. The van der Waals surface area contributed by atoms with Crippen molar-refractivity contribution in [3.63, 3.8) is 0 Å². The molecule has 29 heavy (non-hydrogen) atoms. The Morgan fingerprint density at radius 2 is 1.86 bits per heavy atom. The van der Waals surface area contributed by atoms with Gasteiger partial charge in [-0.05, 0) is 69.8 Å². The highest BCUT2D eigenvalue weighted by Crippen LogP contribution is 2.38. The smallest absolute Gasteiger partial charge is 0.148 e. The molecule has 2 aromatic heterocycles.